The molecule has 0 aliphatic heterocycles. The van der Waals surface area contributed by atoms with E-state index in [4.69, 9.17) is 0 Å². The third kappa shape index (κ3) is 3.32. The third-order valence-electron chi connectivity index (χ3n) is 3.74. The molecule has 1 heterocycles. The molecule has 0 N–H and O–H groups in total. The predicted octanol–water partition coefficient (Wildman–Crippen LogP) is 3.79. The fraction of sp³-hybridized carbons (Fsp3) is 0.188. The molecule has 1 aromatic heterocycles. The van der Waals surface area contributed by atoms with Crippen LogP contribution in [0.25, 0.3) is 11.0 Å². The van der Waals surface area contributed by atoms with Crippen molar-refractivity contribution < 1.29 is 26.3 Å². The van der Waals surface area contributed by atoms with E-state index in [-0.39, 0.29) is 4.90 Å². The normalized spacial score (nSPS) is 12.5. The SMILES string of the molecule is Cc1cc2ncn(S(=O)(=O)c3ccc(OC(F)(F)F)cc3)c2cc1C. The molecule has 0 aliphatic carbocycles. The van der Waals surface area contributed by atoms with Crippen LogP contribution in [0.3, 0.4) is 0 Å². The van der Waals surface area contributed by atoms with Crippen LogP contribution in [0.1, 0.15) is 11.1 Å². The average molecular weight is 370 g/mol. The first-order chi connectivity index (χ1) is 11.6. The molecule has 9 heteroatoms. The standard InChI is InChI=1S/C16H13F3N2O3S/c1-10-7-14-15(8-11(10)2)21(9-20-14)25(22,23)13-5-3-12(4-6-13)24-16(17,18)19/h3-9H,1-2H3. The van der Waals surface area contributed by atoms with E-state index in [1.54, 1.807) is 12.1 Å². The fourth-order valence-electron chi connectivity index (χ4n) is 2.36. The lowest BCUT2D eigenvalue weighted by atomic mass is 10.1. The molecule has 0 spiro atoms. The van der Waals surface area contributed by atoms with E-state index >= 15 is 0 Å². The van der Waals surface area contributed by atoms with Crippen LogP contribution in [0.4, 0.5) is 13.2 Å². The van der Waals surface area contributed by atoms with Crippen molar-refractivity contribution in [3.8, 4) is 5.75 Å². The van der Waals surface area contributed by atoms with Crippen molar-refractivity contribution in [1.29, 1.82) is 0 Å². The minimum atomic E-state index is -4.84. The number of fused-ring (bicyclic) bond motifs is 1. The molecule has 0 unspecified atom stereocenters. The molecule has 0 atom stereocenters. The number of nitrogens with zero attached hydrogens (tertiary/aromatic N) is 2. The number of benzene rings is 2. The van der Waals surface area contributed by atoms with E-state index < -0.39 is 22.1 Å². The zero-order chi connectivity index (χ0) is 18.4. The van der Waals surface area contributed by atoms with Gasteiger partial charge in [-0.25, -0.2) is 17.4 Å². The molecule has 0 amide bonds. The highest BCUT2D eigenvalue weighted by molar-refractivity contribution is 7.90. The van der Waals surface area contributed by atoms with E-state index in [9.17, 15) is 21.6 Å². The van der Waals surface area contributed by atoms with E-state index in [2.05, 4.69) is 9.72 Å². The zero-order valence-corrected chi connectivity index (χ0v) is 14.0. The lowest BCUT2D eigenvalue weighted by Gasteiger charge is -2.10. The van der Waals surface area contributed by atoms with Crippen molar-refractivity contribution in [3.05, 3.63) is 53.9 Å². The summed E-state index contributed by atoms with van der Waals surface area (Å²) in [6, 6.07) is 7.50. The number of halogens is 3. The summed E-state index contributed by atoms with van der Waals surface area (Å²) in [5.74, 6) is -0.492. The molecule has 5 nitrogen and oxygen atoms in total. The molecule has 25 heavy (non-hydrogen) atoms. The van der Waals surface area contributed by atoms with E-state index in [0.717, 1.165) is 39.4 Å². The van der Waals surface area contributed by atoms with Crippen LogP contribution in [-0.4, -0.2) is 23.7 Å². The summed E-state index contributed by atoms with van der Waals surface area (Å²) >= 11 is 0. The zero-order valence-electron chi connectivity index (χ0n) is 13.2. The minimum absolute atomic E-state index is 0.167. The van der Waals surface area contributed by atoms with Gasteiger partial charge in [-0.3, -0.25) is 0 Å². The summed E-state index contributed by atoms with van der Waals surface area (Å²) < 4.78 is 66.9. The van der Waals surface area contributed by atoms with Crippen LogP contribution in [-0.2, 0) is 10.0 Å². The molecule has 3 aromatic rings. The molecule has 0 fully saturated rings. The quantitative estimate of drug-likeness (QED) is 0.704. The highest BCUT2D eigenvalue weighted by atomic mass is 32.2. The Hall–Kier alpha value is -2.55. The van der Waals surface area contributed by atoms with E-state index in [1.807, 2.05) is 13.8 Å². The van der Waals surface area contributed by atoms with Crippen molar-refractivity contribution in [2.24, 2.45) is 0 Å². The Morgan fingerprint density at radius 2 is 1.64 bits per heavy atom. The second kappa shape index (κ2) is 5.76. The number of hydrogen-bond donors (Lipinski definition) is 0. The summed E-state index contributed by atoms with van der Waals surface area (Å²) in [7, 11) is -3.99. The molecule has 0 bridgehead atoms. The summed E-state index contributed by atoms with van der Waals surface area (Å²) in [6.45, 7) is 3.74. The van der Waals surface area contributed by atoms with Gasteiger partial charge in [-0.1, -0.05) is 0 Å². The maximum atomic E-state index is 12.8. The number of ether oxygens (including phenoxy) is 1. The third-order valence-corrected chi connectivity index (χ3v) is 5.42. The summed E-state index contributed by atoms with van der Waals surface area (Å²) in [5.41, 5.74) is 2.80. The monoisotopic (exact) mass is 370 g/mol. The highest BCUT2D eigenvalue weighted by Gasteiger charge is 2.31. The van der Waals surface area contributed by atoms with Gasteiger partial charge in [0.15, 0.2) is 0 Å². The lowest BCUT2D eigenvalue weighted by Crippen LogP contribution is -2.17. The Morgan fingerprint density at radius 1 is 1.04 bits per heavy atom. The van der Waals surface area contributed by atoms with Gasteiger partial charge in [0, 0.05) is 0 Å². The number of hydrogen-bond acceptors (Lipinski definition) is 4. The van der Waals surface area contributed by atoms with Crippen molar-refractivity contribution in [2.75, 3.05) is 0 Å². The number of imidazole rings is 1. The van der Waals surface area contributed by atoms with Gasteiger partial charge in [-0.15, -0.1) is 13.2 Å². The van der Waals surface area contributed by atoms with Crippen molar-refractivity contribution >= 4 is 21.1 Å². The molecular weight excluding hydrogens is 357 g/mol. The maximum absolute atomic E-state index is 12.8. The van der Waals surface area contributed by atoms with Gasteiger partial charge >= 0.3 is 6.36 Å². The van der Waals surface area contributed by atoms with Gasteiger partial charge in [0.2, 0.25) is 0 Å². The van der Waals surface area contributed by atoms with Gasteiger partial charge in [0.25, 0.3) is 10.0 Å². The first kappa shape index (κ1) is 17.3. The topological polar surface area (TPSA) is 61.2 Å². The van der Waals surface area contributed by atoms with Crippen LogP contribution in [0.15, 0.2) is 47.6 Å². The molecule has 2 aromatic carbocycles. The number of aryl methyl sites for hydroxylation is 2. The minimum Gasteiger partial charge on any atom is -0.406 e. The maximum Gasteiger partial charge on any atom is 0.573 e. The van der Waals surface area contributed by atoms with Crippen molar-refractivity contribution in [2.45, 2.75) is 25.1 Å². The van der Waals surface area contributed by atoms with Gasteiger partial charge in [0.1, 0.15) is 12.1 Å². The van der Waals surface area contributed by atoms with Gasteiger partial charge < -0.3 is 4.74 Å². The van der Waals surface area contributed by atoms with Crippen LogP contribution in [0, 0.1) is 13.8 Å². The van der Waals surface area contributed by atoms with Gasteiger partial charge in [-0.2, -0.15) is 0 Å². The smallest absolute Gasteiger partial charge is 0.406 e. The second-order valence-corrected chi connectivity index (χ2v) is 7.30. The summed E-state index contributed by atoms with van der Waals surface area (Å²) in [4.78, 5) is 3.92. The fourth-order valence-corrected chi connectivity index (χ4v) is 3.64. The average Bonchev–Trinajstić information content (AvgIpc) is 2.90. The predicted molar refractivity (Wildman–Crippen MR) is 84.9 cm³/mol. The molecule has 3 rings (SSSR count). The molecule has 132 valence electrons. The Labute approximate surface area is 141 Å². The first-order valence-electron chi connectivity index (χ1n) is 7.13. The Bertz CT molecular complexity index is 1040. The highest BCUT2D eigenvalue weighted by Crippen LogP contribution is 2.26. The summed E-state index contributed by atoms with van der Waals surface area (Å²) in [5, 5.41) is 0. The first-order valence-corrected chi connectivity index (χ1v) is 8.57. The van der Waals surface area contributed by atoms with Crippen LogP contribution in [0.2, 0.25) is 0 Å². The molecule has 0 saturated heterocycles. The van der Waals surface area contributed by atoms with E-state index in [0.29, 0.717) is 11.0 Å². The molecule has 0 radical (unpaired) electrons. The van der Waals surface area contributed by atoms with Crippen LogP contribution < -0.4 is 4.74 Å². The lowest BCUT2D eigenvalue weighted by molar-refractivity contribution is -0.274. The van der Waals surface area contributed by atoms with Crippen molar-refractivity contribution in [3.63, 3.8) is 0 Å². The number of aromatic nitrogens is 2. The van der Waals surface area contributed by atoms with Gasteiger partial charge in [0.05, 0.1) is 15.9 Å². The Balaban J connectivity index is 2.04. The number of alkyl halides is 3. The largest absolute Gasteiger partial charge is 0.573 e. The summed E-state index contributed by atoms with van der Waals surface area (Å²) in [6.07, 6.45) is -3.66. The Morgan fingerprint density at radius 3 is 2.24 bits per heavy atom. The van der Waals surface area contributed by atoms with Crippen LogP contribution in [0.5, 0.6) is 5.75 Å². The van der Waals surface area contributed by atoms with Gasteiger partial charge in [-0.05, 0) is 61.4 Å². The molecule has 0 saturated carbocycles. The Kier molecular flexibility index (Phi) is 3.98. The van der Waals surface area contributed by atoms with Crippen LogP contribution >= 0.6 is 0 Å². The molecule has 0 aliphatic rings. The number of rotatable bonds is 3. The second-order valence-electron chi connectivity index (χ2n) is 5.49. The van der Waals surface area contributed by atoms with E-state index in [1.165, 1.54) is 6.33 Å². The van der Waals surface area contributed by atoms with Crippen molar-refractivity contribution in [1.82, 2.24) is 8.96 Å². The molecular formula is C16H13F3N2O3S.